The van der Waals surface area contributed by atoms with E-state index in [1.807, 2.05) is 0 Å². The van der Waals surface area contributed by atoms with Crippen molar-refractivity contribution in [3.05, 3.63) is 0 Å². The van der Waals surface area contributed by atoms with Crippen LogP contribution in [0.5, 0.6) is 0 Å². The summed E-state index contributed by atoms with van der Waals surface area (Å²) in [5.74, 6) is 0. The van der Waals surface area contributed by atoms with E-state index in [9.17, 15) is 9.13 Å². The number of hydrogen-bond donors (Lipinski definition) is 3. The molecule has 2 radical (unpaired) electrons. The molecule has 0 aromatic rings. The smallest absolute Gasteiger partial charge is 0.326 e. The Morgan fingerprint density at radius 3 is 1.78 bits per heavy atom. The molecule has 1 unspecified atom stereocenters. The maximum Gasteiger partial charge on any atom is 0.476 e. The van der Waals surface area contributed by atoms with Crippen LogP contribution in [-0.4, -0.2) is 32.0 Å². The van der Waals surface area contributed by atoms with Gasteiger partial charge < -0.3 is 14.7 Å². The third kappa shape index (κ3) is 12.1. The van der Waals surface area contributed by atoms with E-state index in [4.69, 9.17) is 14.7 Å². The Hall–Kier alpha value is 0.832. The molecule has 0 aliphatic rings. The van der Waals surface area contributed by atoms with Crippen molar-refractivity contribution in [2.75, 3.05) is 0 Å². The van der Waals surface area contributed by atoms with Crippen LogP contribution in [0.4, 0.5) is 0 Å². The third-order valence-corrected chi connectivity index (χ3v) is 1.77. The summed E-state index contributed by atoms with van der Waals surface area (Å²) in [6.07, 6.45) is 0. The van der Waals surface area contributed by atoms with Crippen LogP contribution in [0.2, 0.25) is 0 Å². The molecule has 54 valence electrons. The Morgan fingerprint density at radius 2 is 1.78 bits per heavy atom. The van der Waals surface area contributed by atoms with Gasteiger partial charge in [-0.25, -0.2) is 8.88 Å². The Bertz CT molecular complexity index is 134. The van der Waals surface area contributed by atoms with Crippen LogP contribution >= 0.6 is 16.1 Å². The molecule has 0 spiro atoms. The summed E-state index contributed by atoms with van der Waals surface area (Å²) in [6.45, 7) is 0. The maximum absolute atomic E-state index is 9.58. The molecule has 0 bridgehead atoms. The van der Waals surface area contributed by atoms with E-state index in [-0.39, 0.29) is 17.4 Å². The first kappa shape index (κ1) is 12.5. The van der Waals surface area contributed by atoms with E-state index in [1.54, 1.807) is 0 Å². The normalized spacial score (nSPS) is 14.1. The monoisotopic (exact) mass is 190 g/mol. The van der Waals surface area contributed by atoms with Gasteiger partial charge in [0.1, 0.15) is 0 Å². The first-order valence-electron chi connectivity index (χ1n) is 1.40. The molecule has 0 heterocycles. The predicted octanol–water partition coefficient (Wildman–Crippen LogP) is -1.17. The van der Waals surface area contributed by atoms with E-state index in [0.717, 1.165) is 0 Å². The van der Waals surface area contributed by atoms with Gasteiger partial charge in [-0.15, -0.1) is 0 Å². The Morgan fingerprint density at radius 1 is 1.44 bits per heavy atom. The van der Waals surface area contributed by atoms with Gasteiger partial charge in [-0.2, -0.15) is 0 Å². The minimum absolute atomic E-state index is 0. The summed E-state index contributed by atoms with van der Waals surface area (Å²) >= 11 is 0. The van der Waals surface area contributed by atoms with Crippen molar-refractivity contribution < 1.29 is 28.1 Å². The van der Waals surface area contributed by atoms with Crippen molar-refractivity contribution in [2.45, 2.75) is 0 Å². The highest BCUT2D eigenvalue weighted by atomic mass is 31.2. The van der Waals surface area contributed by atoms with Crippen LogP contribution in [0, 0.1) is 0 Å². The van der Waals surface area contributed by atoms with E-state index >= 15 is 0 Å². The first-order chi connectivity index (χ1) is 3.42. The lowest BCUT2D eigenvalue weighted by Crippen LogP contribution is -1.75. The molecule has 1 atom stereocenters. The van der Waals surface area contributed by atoms with Crippen molar-refractivity contribution in [1.29, 1.82) is 0 Å². The van der Waals surface area contributed by atoms with Crippen molar-refractivity contribution in [3.63, 3.8) is 0 Å². The van der Waals surface area contributed by atoms with Crippen molar-refractivity contribution in [1.82, 2.24) is 0 Å². The molecule has 0 rings (SSSR count). The summed E-state index contributed by atoms with van der Waals surface area (Å²) in [5, 5.41) is 0. The zero-order chi connectivity index (χ0) is 6.78. The Balaban J connectivity index is 0. The van der Waals surface area contributed by atoms with Crippen molar-refractivity contribution in [3.8, 4) is 0 Å². The van der Waals surface area contributed by atoms with Gasteiger partial charge in [-0.3, -0.25) is 4.57 Å². The van der Waals surface area contributed by atoms with Crippen LogP contribution in [-0.2, 0) is 13.4 Å². The molecule has 0 aliphatic heterocycles. The molecule has 3 N–H and O–H groups in total. The molecule has 6 nitrogen and oxygen atoms in total. The number of rotatable bonds is 2. The molecular weight excluding hydrogens is 185 g/mol. The van der Waals surface area contributed by atoms with Crippen LogP contribution in [0.3, 0.4) is 0 Å². The predicted molar refractivity (Wildman–Crippen MR) is 31.5 cm³/mol. The van der Waals surface area contributed by atoms with Crippen LogP contribution in [0.1, 0.15) is 0 Å². The Labute approximate surface area is 62.2 Å². The second-order valence-electron chi connectivity index (χ2n) is 0.848. The van der Waals surface area contributed by atoms with E-state index < -0.39 is 16.1 Å². The summed E-state index contributed by atoms with van der Waals surface area (Å²) < 4.78 is 22.3. The molecule has 0 amide bonds. The lowest BCUT2D eigenvalue weighted by atomic mass is 15.7. The first-order valence-corrected chi connectivity index (χ1v) is 4.19. The molecule has 0 saturated heterocycles. The average molecular weight is 190 g/mol. The topological polar surface area (TPSA) is 104 Å². The second-order valence-corrected chi connectivity index (χ2v) is 3.09. The fourth-order valence-corrected chi connectivity index (χ4v) is 0.916. The standard InChI is InChI=1S/Al.H4O6P2.H/c;1-7(2)6-8(3,4)5;/h;7H,(H,1,2)(H2,3,4,5);. The lowest BCUT2D eigenvalue weighted by molar-refractivity contribution is 0.273. The molecule has 9 heteroatoms. The summed E-state index contributed by atoms with van der Waals surface area (Å²) in [5.41, 5.74) is 0. The van der Waals surface area contributed by atoms with Gasteiger partial charge in [-0.05, 0) is 0 Å². The highest BCUT2D eigenvalue weighted by Crippen LogP contribution is 2.45. The lowest BCUT2D eigenvalue weighted by Gasteiger charge is -1.97. The molecule has 9 heavy (non-hydrogen) atoms. The van der Waals surface area contributed by atoms with Gasteiger partial charge in [0.25, 0.3) is 0 Å². The third-order valence-electron chi connectivity index (χ3n) is 0.197. The van der Waals surface area contributed by atoms with Gasteiger partial charge in [0, 0.05) is 0 Å². The van der Waals surface area contributed by atoms with Crippen molar-refractivity contribution in [2.24, 2.45) is 0 Å². The molecular formula is H5AlO6P2. The van der Waals surface area contributed by atoms with Gasteiger partial charge in [0.05, 0.1) is 17.4 Å². The zero-order valence-corrected chi connectivity index (χ0v) is 7.53. The number of hydrogen-bond acceptors (Lipinski definition) is 3. The summed E-state index contributed by atoms with van der Waals surface area (Å²) in [7, 11) is -8.24. The SMILES string of the molecule is O=[PH](O)OP(=O)(O)O.[AlH]. The van der Waals surface area contributed by atoms with Gasteiger partial charge in [0.15, 0.2) is 0 Å². The molecule has 0 aromatic heterocycles. The average Bonchev–Trinajstić information content (AvgIpc) is 1.21. The zero-order valence-electron chi connectivity index (χ0n) is 4.22. The number of phosphoric acid groups is 1. The molecule has 0 saturated carbocycles. The maximum atomic E-state index is 9.58. The summed E-state index contributed by atoms with van der Waals surface area (Å²) in [4.78, 5) is 23.2. The van der Waals surface area contributed by atoms with Crippen LogP contribution in [0.25, 0.3) is 0 Å². The van der Waals surface area contributed by atoms with Gasteiger partial charge >= 0.3 is 16.1 Å². The van der Waals surface area contributed by atoms with Crippen LogP contribution in [0.15, 0.2) is 0 Å². The highest BCUT2D eigenvalue weighted by Gasteiger charge is 2.15. The molecule has 0 fully saturated rings. The molecule has 0 aliphatic carbocycles. The fourth-order valence-electron chi connectivity index (χ4n) is 0.102. The van der Waals surface area contributed by atoms with Gasteiger partial charge in [0.2, 0.25) is 0 Å². The van der Waals surface area contributed by atoms with Crippen LogP contribution < -0.4 is 0 Å². The van der Waals surface area contributed by atoms with Crippen molar-refractivity contribution >= 4 is 33.4 Å². The summed E-state index contributed by atoms with van der Waals surface area (Å²) in [6, 6.07) is 0. The fraction of sp³-hybridized carbons (Fsp3) is 0. The van der Waals surface area contributed by atoms with E-state index in [2.05, 4.69) is 4.31 Å². The molecule has 0 aromatic carbocycles. The van der Waals surface area contributed by atoms with Gasteiger partial charge in [-0.1, -0.05) is 0 Å². The highest BCUT2D eigenvalue weighted by molar-refractivity contribution is 7.54. The van der Waals surface area contributed by atoms with E-state index in [0.29, 0.717) is 0 Å². The second kappa shape index (κ2) is 4.62. The quantitative estimate of drug-likeness (QED) is 0.374. The van der Waals surface area contributed by atoms with E-state index in [1.165, 1.54) is 0 Å². The largest absolute Gasteiger partial charge is 0.476 e. The Kier molecular flexibility index (Phi) is 6.42. The minimum atomic E-state index is -4.74. The minimum Gasteiger partial charge on any atom is -0.326 e.